The third-order valence-corrected chi connectivity index (χ3v) is 3.28. The summed E-state index contributed by atoms with van der Waals surface area (Å²) in [6, 6.07) is 0. The number of hydrogen-bond donors (Lipinski definition) is 0. The molecule has 2 aromatic heterocycles. The predicted molar refractivity (Wildman–Crippen MR) is 63.5 cm³/mol. The Bertz CT molecular complexity index is 520. The molecule has 0 atom stereocenters. The van der Waals surface area contributed by atoms with E-state index in [1.807, 2.05) is 10.9 Å². The van der Waals surface area contributed by atoms with Gasteiger partial charge < -0.3 is 0 Å². The van der Waals surface area contributed by atoms with Crippen LogP contribution in [-0.4, -0.2) is 19.7 Å². The van der Waals surface area contributed by atoms with Crippen molar-refractivity contribution in [2.75, 3.05) is 0 Å². The third kappa shape index (κ3) is 1.65. The van der Waals surface area contributed by atoms with E-state index in [1.54, 1.807) is 12.5 Å². The minimum absolute atomic E-state index is 0.926. The fourth-order valence-electron chi connectivity index (χ4n) is 2.12. The maximum atomic E-state index is 4.35. The summed E-state index contributed by atoms with van der Waals surface area (Å²) < 4.78 is 2.78. The standard InChI is InChI=1S/C11H11BrN4/c12-8-5-15-16(6-8)11-9-3-1-2-4-10(9)13-7-14-11/h5-7H,1-4H2. The van der Waals surface area contributed by atoms with Crippen molar-refractivity contribution in [1.29, 1.82) is 0 Å². The smallest absolute Gasteiger partial charge is 0.160 e. The summed E-state index contributed by atoms with van der Waals surface area (Å²) in [6.07, 6.45) is 9.90. The van der Waals surface area contributed by atoms with Gasteiger partial charge in [-0.3, -0.25) is 0 Å². The Morgan fingerprint density at radius 1 is 1.19 bits per heavy atom. The van der Waals surface area contributed by atoms with Gasteiger partial charge in [0, 0.05) is 17.5 Å². The molecule has 4 nitrogen and oxygen atoms in total. The van der Waals surface area contributed by atoms with Crippen molar-refractivity contribution in [2.24, 2.45) is 0 Å². The van der Waals surface area contributed by atoms with E-state index in [4.69, 9.17) is 0 Å². The first-order valence-electron chi connectivity index (χ1n) is 5.38. The molecule has 0 saturated carbocycles. The lowest BCUT2D eigenvalue weighted by molar-refractivity contribution is 0.649. The molecule has 0 aromatic carbocycles. The highest BCUT2D eigenvalue weighted by Gasteiger charge is 2.16. The molecular formula is C11H11BrN4. The van der Waals surface area contributed by atoms with Crippen molar-refractivity contribution < 1.29 is 0 Å². The summed E-state index contributed by atoms with van der Waals surface area (Å²) >= 11 is 3.40. The zero-order chi connectivity index (χ0) is 11.0. The number of halogens is 1. The quantitative estimate of drug-likeness (QED) is 0.804. The second-order valence-electron chi connectivity index (χ2n) is 3.93. The van der Waals surface area contributed by atoms with Crippen molar-refractivity contribution in [3.8, 4) is 5.82 Å². The lowest BCUT2D eigenvalue weighted by Gasteiger charge is -2.16. The van der Waals surface area contributed by atoms with Crippen molar-refractivity contribution in [2.45, 2.75) is 25.7 Å². The maximum absolute atomic E-state index is 4.35. The summed E-state index contributed by atoms with van der Waals surface area (Å²) in [5.41, 5.74) is 2.44. The zero-order valence-electron chi connectivity index (χ0n) is 8.73. The molecule has 0 aliphatic heterocycles. The van der Waals surface area contributed by atoms with E-state index in [-0.39, 0.29) is 0 Å². The van der Waals surface area contributed by atoms with Crippen LogP contribution in [-0.2, 0) is 12.8 Å². The largest absolute Gasteiger partial charge is 0.241 e. The highest BCUT2D eigenvalue weighted by Crippen LogP contribution is 2.23. The predicted octanol–water partition coefficient (Wildman–Crippen LogP) is 2.30. The average molecular weight is 279 g/mol. The SMILES string of the molecule is Brc1cnn(-c2ncnc3c2CCCC3)c1. The molecule has 1 aliphatic carbocycles. The molecule has 0 N–H and O–H groups in total. The number of aromatic nitrogens is 4. The number of rotatable bonds is 1. The summed E-state index contributed by atoms with van der Waals surface area (Å²) in [6.45, 7) is 0. The van der Waals surface area contributed by atoms with E-state index in [0.29, 0.717) is 0 Å². The van der Waals surface area contributed by atoms with Crippen molar-refractivity contribution >= 4 is 15.9 Å². The van der Waals surface area contributed by atoms with Crippen molar-refractivity contribution in [3.63, 3.8) is 0 Å². The maximum Gasteiger partial charge on any atom is 0.160 e. The van der Waals surface area contributed by atoms with Crippen LogP contribution in [0.25, 0.3) is 5.82 Å². The van der Waals surface area contributed by atoms with Gasteiger partial charge in [0.1, 0.15) is 6.33 Å². The van der Waals surface area contributed by atoms with Crippen LogP contribution in [0.3, 0.4) is 0 Å². The monoisotopic (exact) mass is 278 g/mol. The van der Waals surface area contributed by atoms with Crippen LogP contribution >= 0.6 is 15.9 Å². The van der Waals surface area contributed by atoms with E-state index < -0.39 is 0 Å². The first-order valence-corrected chi connectivity index (χ1v) is 6.17. The van der Waals surface area contributed by atoms with Gasteiger partial charge in [0.25, 0.3) is 0 Å². The second kappa shape index (κ2) is 3.97. The van der Waals surface area contributed by atoms with Crippen LogP contribution in [0, 0.1) is 0 Å². The molecule has 16 heavy (non-hydrogen) atoms. The van der Waals surface area contributed by atoms with Crippen LogP contribution in [0.4, 0.5) is 0 Å². The molecule has 0 unspecified atom stereocenters. The molecule has 0 bridgehead atoms. The van der Waals surface area contributed by atoms with Crippen LogP contribution in [0.2, 0.25) is 0 Å². The highest BCUT2D eigenvalue weighted by molar-refractivity contribution is 9.10. The Labute approximate surface area is 102 Å². The molecule has 2 heterocycles. The van der Waals surface area contributed by atoms with Gasteiger partial charge >= 0.3 is 0 Å². The lowest BCUT2D eigenvalue weighted by atomic mass is 9.96. The molecule has 0 fully saturated rings. The second-order valence-corrected chi connectivity index (χ2v) is 4.85. The first-order chi connectivity index (χ1) is 7.84. The minimum atomic E-state index is 0.926. The number of aryl methyl sites for hydroxylation is 1. The third-order valence-electron chi connectivity index (χ3n) is 2.87. The Morgan fingerprint density at radius 2 is 2.06 bits per heavy atom. The average Bonchev–Trinajstić information content (AvgIpc) is 2.75. The van der Waals surface area contributed by atoms with Crippen LogP contribution in [0.1, 0.15) is 24.1 Å². The van der Waals surface area contributed by atoms with Gasteiger partial charge in [-0.1, -0.05) is 0 Å². The molecule has 0 saturated heterocycles. The normalized spacial score (nSPS) is 14.8. The lowest BCUT2D eigenvalue weighted by Crippen LogP contribution is -2.12. The van der Waals surface area contributed by atoms with Gasteiger partial charge in [-0.25, -0.2) is 14.6 Å². The summed E-state index contributed by atoms with van der Waals surface area (Å²) in [4.78, 5) is 8.69. The van der Waals surface area contributed by atoms with E-state index in [1.165, 1.54) is 24.1 Å². The Kier molecular flexibility index (Phi) is 2.47. The topological polar surface area (TPSA) is 43.6 Å². The van der Waals surface area contributed by atoms with E-state index in [9.17, 15) is 0 Å². The van der Waals surface area contributed by atoms with Gasteiger partial charge in [-0.05, 0) is 41.6 Å². The van der Waals surface area contributed by atoms with Crippen molar-refractivity contribution in [3.05, 3.63) is 34.5 Å². The molecule has 5 heteroatoms. The fraction of sp³-hybridized carbons (Fsp3) is 0.364. The first kappa shape index (κ1) is 9.96. The zero-order valence-corrected chi connectivity index (χ0v) is 10.3. The molecule has 0 amide bonds. The van der Waals surface area contributed by atoms with Gasteiger partial charge in [0.15, 0.2) is 5.82 Å². The van der Waals surface area contributed by atoms with E-state index in [0.717, 1.165) is 23.1 Å². The summed E-state index contributed by atoms with van der Waals surface area (Å²) in [7, 11) is 0. The molecule has 0 radical (unpaired) electrons. The van der Waals surface area contributed by atoms with Gasteiger partial charge in [0.05, 0.1) is 10.7 Å². The number of hydrogen-bond acceptors (Lipinski definition) is 3. The Hall–Kier alpha value is -1.23. The van der Waals surface area contributed by atoms with Crippen molar-refractivity contribution in [1.82, 2.24) is 19.7 Å². The Morgan fingerprint density at radius 3 is 2.88 bits per heavy atom. The van der Waals surface area contributed by atoms with Crippen LogP contribution < -0.4 is 0 Å². The molecular weight excluding hydrogens is 268 g/mol. The van der Waals surface area contributed by atoms with Gasteiger partial charge in [-0.2, -0.15) is 5.10 Å². The molecule has 2 aromatic rings. The van der Waals surface area contributed by atoms with Crippen LogP contribution in [0.5, 0.6) is 0 Å². The van der Waals surface area contributed by atoms with Gasteiger partial charge in [0.2, 0.25) is 0 Å². The number of nitrogens with zero attached hydrogens (tertiary/aromatic N) is 4. The molecule has 3 rings (SSSR count). The highest BCUT2D eigenvalue weighted by atomic mass is 79.9. The van der Waals surface area contributed by atoms with E-state index in [2.05, 4.69) is 31.0 Å². The summed E-state index contributed by atoms with van der Waals surface area (Å²) in [5.74, 6) is 0.926. The molecule has 1 aliphatic rings. The fourth-order valence-corrected chi connectivity index (χ4v) is 2.40. The molecule has 0 spiro atoms. The van der Waals surface area contributed by atoms with Gasteiger partial charge in [-0.15, -0.1) is 0 Å². The molecule has 82 valence electrons. The van der Waals surface area contributed by atoms with E-state index >= 15 is 0 Å². The minimum Gasteiger partial charge on any atom is -0.241 e. The summed E-state index contributed by atoms with van der Waals surface area (Å²) in [5, 5.41) is 4.27. The van der Waals surface area contributed by atoms with Crippen LogP contribution in [0.15, 0.2) is 23.2 Å². The Balaban J connectivity index is 2.13. The number of fused-ring (bicyclic) bond motifs is 1.